The van der Waals surface area contributed by atoms with Crippen molar-refractivity contribution < 1.29 is 9.59 Å². The predicted octanol–water partition coefficient (Wildman–Crippen LogP) is 6.62. The van der Waals surface area contributed by atoms with Gasteiger partial charge in [0.1, 0.15) is 5.69 Å². The molecule has 1 N–H and O–H groups in total. The normalized spacial score (nSPS) is 11.1. The van der Waals surface area contributed by atoms with Gasteiger partial charge in [0.15, 0.2) is 6.29 Å². The number of carbonyl (C=O) groups excluding carboxylic acids is 2. The Morgan fingerprint density at radius 2 is 1.76 bits per heavy atom. The van der Waals surface area contributed by atoms with Crippen LogP contribution in [-0.4, -0.2) is 28.2 Å². The molecule has 0 fully saturated rings. The van der Waals surface area contributed by atoms with Gasteiger partial charge in [0.25, 0.3) is 5.91 Å². The topological polar surface area (TPSA) is 64.0 Å². The largest absolute Gasteiger partial charge is 0.322 e. The third kappa shape index (κ3) is 3.88. The van der Waals surface area contributed by atoms with E-state index in [9.17, 15) is 9.59 Å². The molecule has 0 atom stereocenters. The fourth-order valence-electron chi connectivity index (χ4n) is 3.87. The number of nitrogens with zero attached hydrogens (tertiary/aromatic N) is 2. The molecule has 5 aromatic rings. The van der Waals surface area contributed by atoms with Crippen LogP contribution in [0.4, 0.5) is 5.69 Å². The zero-order valence-corrected chi connectivity index (χ0v) is 19.2. The summed E-state index contributed by atoms with van der Waals surface area (Å²) in [5.74, 6) is -0.290. The summed E-state index contributed by atoms with van der Waals surface area (Å²) in [6.45, 7) is 0. The van der Waals surface area contributed by atoms with Crippen LogP contribution in [-0.2, 0) is 0 Å². The molecule has 0 radical (unpaired) electrons. The molecule has 162 valence electrons. The fourth-order valence-corrected chi connectivity index (χ4v) is 4.50. The van der Waals surface area contributed by atoms with Gasteiger partial charge in [-0.15, -0.1) is 11.8 Å². The maximum atomic E-state index is 12.8. The molecule has 0 unspecified atom stereocenters. The van der Waals surface area contributed by atoms with Gasteiger partial charge < -0.3 is 5.32 Å². The van der Waals surface area contributed by atoms with Gasteiger partial charge in [0, 0.05) is 21.4 Å². The van der Waals surface area contributed by atoms with Gasteiger partial charge >= 0.3 is 0 Å². The van der Waals surface area contributed by atoms with E-state index in [-0.39, 0.29) is 5.91 Å². The number of thioether (sulfide) groups is 1. The first kappa shape index (κ1) is 21.2. The van der Waals surface area contributed by atoms with Gasteiger partial charge in [-0.1, -0.05) is 35.9 Å². The minimum atomic E-state index is -0.290. The maximum absolute atomic E-state index is 12.8. The summed E-state index contributed by atoms with van der Waals surface area (Å²) in [4.78, 5) is 25.7. The average Bonchev–Trinajstić information content (AvgIpc) is 3.23. The van der Waals surface area contributed by atoms with Gasteiger partial charge in [0.2, 0.25) is 0 Å². The Kier molecular flexibility index (Phi) is 5.62. The third-order valence-electron chi connectivity index (χ3n) is 5.49. The molecule has 0 spiro atoms. The molecule has 0 saturated heterocycles. The average molecular weight is 472 g/mol. The standard InChI is InChI=1S/C26H18ClN3O2S/c1-33-19-11-9-18(10-12-19)30-25-21(24(15-31)29-30)13-7-16-6-8-17(14-22(16)25)28-26(32)20-4-2-3-5-23(20)27/h2-15H,1H3,(H,28,32). The number of aldehydes is 1. The minimum Gasteiger partial charge on any atom is -0.322 e. The van der Waals surface area contributed by atoms with Gasteiger partial charge in [0.05, 0.1) is 21.8 Å². The van der Waals surface area contributed by atoms with Crippen molar-refractivity contribution in [3.63, 3.8) is 0 Å². The molecule has 5 rings (SSSR count). The van der Waals surface area contributed by atoms with Crippen LogP contribution in [0.2, 0.25) is 5.02 Å². The SMILES string of the molecule is CSc1ccc(-n2nc(C=O)c3ccc4ccc(NC(=O)c5ccccc5Cl)cc4c32)cc1. The van der Waals surface area contributed by atoms with Gasteiger partial charge in [-0.05, 0) is 66.2 Å². The molecule has 1 amide bonds. The fraction of sp³-hybridized carbons (Fsp3) is 0.0385. The summed E-state index contributed by atoms with van der Waals surface area (Å²) in [6, 6.07) is 24.5. The molecule has 33 heavy (non-hydrogen) atoms. The van der Waals surface area contributed by atoms with E-state index in [0.717, 1.165) is 38.5 Å². The molecule has 0 aliphatic rings. The summed E-state index contributed by atoms with van der Waals surface area (Å²) in [7, 11) is 0. The summed E-state index contributed by atoms with van der Waals surface area (Å²) < 4.78 is 1.78. The highest BCUT2D eigenvalue weighted by atomic mass is 35.5. The van der Waals surface area contributed by atoms with Crippen molar-refractivity contribution in [2.24, 2.45) is 0 Å². The molecule has 1 aromatic heterocycles. The number of halogens is 1. The Labute approximate surface area is 199 Å². The first-order valence-electron chi connectivity index (χ1n) is 10.2. The number of benzene rings is 4. The number of amides is 1. The van der Waals surface area contributed by atoms with Crippen molar-refractivity contribution in [3.8, 4) is 5.69 Å². The second-order valence-corrected chi connectivity index (χ2v) is 8.73. The van der Waals surface area contributed by atoms with Crippen molar-refractivity contribution in [1.29, 1.82) is 0 Å². The summed E-state index contributed by atoms with van der Waals surface area (Å²) in [6.07, 6.45) is 2.79. The second-order valence-electron chi connectivity index (χ2n) is 7.44. The number of carbonyl (C=O) groups is 2. The van der Waals surface area contributed by atoms with E-state index in [1.807, 2.05) is 60.9 Å². The van der Waals surface area contributed by atoms with Crippen LogP contribution < -0.4 is 5.32 Å². The lowest BCUT2D eigenvalue weighted by molar-refractivity contribution is 0.102. The number of fused-ring (bicyclic) bond motifs is 3. The van der Waals surface area contributed by atoms with Crippen LogP contribution in [0.25, 0.3) is 27.4 Å². The summed E-state index contributed by atoms with van der Waals surface area (Å²) >= 11 is 7.84. The summed E-state index contributed by atoms with van der Waals surface area (Å²) in [5.41, 5.74) is 3.05. The van der Waals surface area contributed by atoms with E-state index in [2.05, 4.69) is 10.4 Å². The van der Waals surface area contributed by atoms with Crippen molar-refractivity contribution in [2.45, 2.75) is 4.90 Å². The molecule has 0 saturated carbocycles. The maximum Gasteiger partial charge on any atom is 0.257 e. The Morgan fingerprint density at radius 1 is 1.00 bits per heavy atom. The summed E-state index contributed by atoms with van der Waals surface area (Å²) in [5, 5.41) is 10.5. The van der Waals surface area contributed by atoms with Crippen LogP contribution in [0.3, 0.4) is 0 Å². The highest BCUT2D eigenvalue weighted by Gasteiger charge is 2.16. The number of aromatic nitrogens is 2. The van der Waals surface area contributed by atoms with E-state index in [1.54, 1.807) is 40.7 Å². The quantitative estimate of drug-likeness (QED) is 0.231. The van der Waals surface area contributed by atoms with E-state index in [4.69, 9.17) is 11.6 Å². The molecular formula is C26H18ClN3O2S. The Bertz CT molecular complexity index is 1530. The van der Waals surface area contributed by atoms with Crippen LogP contribution in [0.5, 0.6) is 0 Å². The van der Waals surface area contributed by atoms with Crippen molar-refractivity contribution >= 4 is 62.9 Å². The second kappa shape index (κ2) is 8.73. The number of nitrogens with one attached hydrogen (secondary N) is 1. The first-order valence-corrected chi connectivity index (χ1v) is 11.8. The number of hydrogen-bond donors (Lipinski definition) is 1. The highest BCUT2D eigenvalue weighted by Crippen LogP contribution is 2.32. The smallest absolute Gasteiger partial charge is 0.257 e. The van der Waals surface area contributed by atoms with Gasteiger partial charge in [-0.3, -0.25) is 9.59 Å². The molecule has 0 bridgehead atoms. The lowest BCUT2D eigenvalue weighted by Gasteiger charge is -2.10. The molecule has 1 heterocycles. The molecule has 0 aliphatic heterocycles. The van der Waals surface area contributed by atoms with E-state index in [0.29, 0.717) is 22.0 Å². The molecule has 5 nitrogen and oxygen atoms in total. The number of hydrogen-bond acceptors (Lipinski definition) is 4. The monoisotopic (exact) mass is 471 g/mol. The Balaban J connectivity index is 1.66. The van der Waals surface area contributed by atoms with Crippen LogP contribution in [0.15, 0.2) is 83.8 Å². The van der Waals surface area contributed by atoms with Crippen molar-refractivity contribution in [1.82, 2.24) is 9.78 Å². The number of anilines is 1. The van der Waals surface area contributed by atoms with E-state index < -0.39 is 0 Å². The zero-order chi connectivity index (χ0) is 22.9. The number of rotatable bonds is 5. The molecular weight excluding hydrogens is 454 g/mol. The van der Waals surface area contributed by atoms with Crippen molar-refractivity contribution in [3.05, 3.63) is 95.1 Å². The predicted molar refractivity (Wildman–Crippen MR) is 135 cm³/mol. The third-order valence-corrected chi connectivity index (χ3v) is 6.57. The van der Waals surface area contributed by atoms with Gasteiger partial charge in [-0.25, -0.2) is 4.68 Å². The lowest BCUT2D eigenvalue weighted by atomic mass is 10.0. The molecule has 4 aromatic carbocycles. The van der Waals surface area contributed by atoms with E-state index >= 15 is 0 Å². The first-order chi connectivity index (χ1) is 16.1. The van der Waals surface area contributed by atoms with Crippen LogP contribution in [0, 0.1) is 0 Å². The molecule has 0 aliphatic carbocycles. The van der Waals surface area contributed by atoms with Crippen molar-refractivity contribution in [2.75, 3.05) is 11.6 Å². The Morgan fingerprint density at radius 3 is 2.48 bits per heavy atom. The van der Waals surface area contributed by atoms with E-state index in [1.165, 1.54) is 0 Å². The highest BCUT2D eigenvalue weighted by molar-refractivity contribution is 7.98. The lowest BCUT2D eigenvalue weighted by Crippen LogP contribution is -2.12. The Hall–Kier alpha value is -3.61. The zero-order valence-electron chi connectivity index (χ0n) is 17.6. The van der Waals surface area contributed by atoms with Crippen LogP contribution in [0.1, 0.15) is 20.8 Å². The van der Waals surface area contributed by atoms with Gasteiger partial charge in [-0.2, -0.15) is 5.10 Å². The van der Waals surface area contributed by atoms with Crippen LogP contribution >= 0.6 is 23.4 Å². The molecule has 7 heteroatoms. The minimum absolute atomic E-state index is 0.290.